The zero-order valence-electron chi connectivity index (χ0n) is 15.4. The van der Waals surface area contributed by atoms with Crippen LogP contribution in [0.25, 0.3) is 0 Å². The monoisotopic (exact) mass is 360 g/mol. The van der Waals surface area contributed by atoms with Crippen molar-refractivity contribution in [3.05, 3.63) is 29.8 Å². The summed E-state index contributed by atoms with van der Waals surface area (Å²) in [5.74, 6) is -1.79. The second-order valence-electron chi connectivity index (χ2n) is 6.74. The minimum atomic E-state index is -1.25. The SMILES string of the molecule is CCOC(=O)[C@]1(C)N[C@H](c2ccc(OC)cc2)[C@H]2C(=O)N(CC)C(=O)[C@@H]21. The first-order valence-corrected chi connectivity index (χ1v) is 8.83. The summed E-state index contributed by atoms with van der Waals surface area (Å²) in [5.41, 5.74) is -0.421. The van der Waals surface area contributed by atoms with Crippen molar-refractivity contribution in [2.75, 3.05) is 20.3 Å². The fourth-order valence-corrected chi connectivity index (χ4v) is 4.08. The Bertz CT molecular complexity index is 732. The molecule has 1 N–H and O–H groups in total. The van der Waals surface area contributed by atoms with Crippen molar-refractivity contribution < 1.29 is 23.9 Å². The fraction of sp³-hybridized carbons (Fsp3) is 0.526. The molecular formula is C19H24N2O5. The van der Waals surface area contributed by atoms with E-state index in [2.05, 4.69) is 5.32 Å². The Balaban J connectivity index is 2.04. The van der Waals surface area contributed by atoms with Crippen LogP contribution in [-0.2, 0) is 19.1 Å². The maximum atomic E-state index is 12.9. The molecule has 2 saturated heterocycles. The number of imide groups is 1. The molecule has 26 heavy (non-hydrogen) atoms. The minimum absolute atomic E-state index is 0.209. The summed E-state index contributed by atoms with van der Waals surface area (Å²) in [5, 5.41) is 3.23. The number of methoxy groups -OCH3 is 1. The number of likely N-dealkylation sites (tertiary alicyclic amines) is 1. The predicted molar refractivity (Wildman–Crippen MR) is 93.3 cm³/mol. The lowest BCUT2D eigenvalue weighted by molar-refractivity contribution is -0.155. The van der Waals surface area contributed by atoms with E-state index in [0.29, 0.717) is 12.3 Å². The van der Waals surface area contributed by atoms with Crippen molar-refractivity contribution in [1.82, 2.24) is 10.2 Å². The van der Waals surface area contributed by atoms with Crippen LogP contribution in [-0.4, -0.2) is 48.5 Å². The van der Waals surface area contributed by atoms with Crippen molar-refractivity contribution in [2.24, 2.45) is 11.8 Å². The molecule has 1 aromatic rings. The van der Waals surface area contributed by atoms with E-state index in [0.717, 1.165) is 5.56 Å². The molecule has 0 unspecified atom stereocenters. The second kappa shape index (κ2) is 6.72. The lowest BCUT2D eigenvalue weighted by atomic mass is 9.80. The van der Waals surface area contributed by atoms with Crippen LogP contribution in [0.3, 0.4) is 0 Å². The number of esters is 1. The van der Waals surface area contributed by atoms with Crippen molar-refractivity contribution >= 4 is 17.8 Å². The van der Waals surface area contributed by atoms with Crippen LogP contribution in [0.2, 0.25) is 0 Å². The molecule has 3 rings (SSSR count). The number of benzene rings is 1. The summed E-state index contributed by atoms with van der Waals surface area (Å²) in [6.07, 6.45) is 0. The van der Waals surface area contributed by atoms with Gasteiger partial charge in [0.05, 0.1) is 25.6 Å². The highest BCUT2D eigenvalue weighted by Gasteiger charge is 2.66. The average Bonchev–Trinajstić information content (AvgIpc) is 3.09. The summed E-state index contributed by atoms with van der Waals surface area (Å²) in [6.45, 7) is 5.62. The molecule has 2 amide bonds. The number of rotatable bonds is 5. The van der Waals surface area contributed by atoms with Crippen LogP contribution in [0.5, 0.6) is 5.75 Å². The zero-order valence-corrected chi connectivity index (χ0v) is 15.4. The van der Waals surface area contributed by atoms with E-state index in [1.54, 1.807) is 40.0 Å². The predicted octanol–water partition coefficient (Wildman–Crippen LogP) is 1.28. The van der Waals surface area contributed by atoms with E-state index in [1.807, 2.05) is 12.1 Å². The van der Waals surface area contributed by atoms with Gasteiger partial charge in [0, 0.05) is 12.6 Å². The van der Waals surface area contributed by atoms with Crippen molar-refractivity contribution in [2.45, 2.75) is 32.4 Å². The van der Waals surface area contributed by atoms with Gasteiger partial charge in [0.1, 0.15) is 11.3 Å². The largest absolute Gasteiger partial charge is 0.497 e. The Morgan fingerprint density at radius 2 is 1.85 bits per heavy atom. The number of hydrogen-bond acceptors (Lipinski definition) is 6. The first kappa shape index (κ1) is 18.4. The van der Waals surface area contributed by atoms with Gasteiger partial charge in [-0.2, -0.15) is 0 Å². The molecule has 2 aliphatic rings. The van der Waals surface area contributed by atoms with Gasteiger partial charge >= 0.3 is 5.97 Å². The van der Waals surface area contributed by atoms with Gasteiger partial charge in [-0.05, 0) is 38.5 Å². The number of carbonyl (C=O) groups excluding carboxylic acids is 3. The third-order valence-corrected chi connectivity index (χ3v) is 5.37. The zero-order chi connectivity index (χ0) is 19.1. The van der Waals surface area contributed by atoms with Crippen LogP contribution in [0, 0.1) is 11.8 Å². The molecule has 0 aromatic heterocycles. The van der Waals surface area contributed by atoms with Gasteiger partial charge in [-0.3, -0.25) is 24.6 Å². The standard InChI is InChI=1S/C19H24N2O5/c1-5-21-16(22)13-14(17(21)23)19(3,18(24)26-6-2)20-15(13)11-7-9-12(25-4)10-8-11/h7-10,13-15,20H,5-6H2,1-4H3/t13-,14+,15+,19+/m0/s1. The van der Waals surface area contributed by atoms with E-state index in [-0.39, 0.29) is 18.4 Å². The van der Waals surface area contributed by atoms with Crippen LogP contribution >= 0.6 is 0 Å². The van der Waals surface area contributed by atoms with Gasteiger partial charge < -0.3 is 9.47 Å². The maximum absolute atomic E-state index is 12.9. The molecular weight excluding hydrogens is 336 g/mol. The molecule has 0 spiro atoms. The molecule has 0 aliphatic carbocycles. The third-order valence-electron chi connectivity index (χ3n) is 5.37. The fourth-order valence-electron chi connectivity index (χ4n) is 4.08. The summed E-state index contributed by atoms with van der Waals surface area (Å²) in [6, 6.07) is 6.83. The number of carbonyl (C=O) groups is 3. The molecule has 4 atom stereocenters. The van der Waals surface area contributed by atoms with Crippen LogP contribution in [0.4, 0.5) is 0 Å². The lowest BCUT2D eigenvalue weighted by Gasteiger charge is -2.28. The molecule has 0 radical (unpaired) electrons. The molecule has 2 fully saturated rings. The topological polar surface area (TPSA) is 84.9 Å². The van der Waals surface area contributed by atoms with Crippen molar-refractivity contribution in [1.29, 1.82) is 0 Å². The minimum Gasteiger partial charge on any atom is -0.497 e. The summed E-state index contributed by atoms with van der Waals surface area (Å²) >= 11 is 0. The third kappa shape index (κ3) is 2.58. The van der Waals surface area contributed by atoms with E-state index in [4.69, 9.17) is 9.47 Å². The summed E-state index contributed by atoms with van der Waals surface area (Å²) in [4.78, 5) is 39.6. The second-order valence-corrected chi connectivity index (χ2v) is 6.74. The van der Waals surface area contributed by atoms with Gasteiger partial charge in [-0.1, -0.05) is 12.1 Å². The molecule has 1 aromatic carbocycles. The van der Waals surface area contributed by atoms with Gasteiger partial charge in [0.25, 0.3) is 0 Å². The number of amides is 2. The molecule has 2 aliphatic heterocycles. The Hall–Kier alpha value is -2.41. The highest BCUT2D eigenvalue weighted by atomic mass is 16.5. The van der Waals surface area contributed by atoms with Gasteiger partial charge in [0.2, 0.25) is 11.8 Å². The van der Waals surface area contributed by atoms with Crippen LogP contribution in [0.15, 0.2) is 24.3 Å². The van der Waals surface area contributed by atoms with Crippen LogP contribution in [0.1, 0.15) is 32.4 Å². The van der Waals surface area contributed by atoms with Gasteiger partial charge in [-0.15, -0.1) is 0 Å². The van der Waals surface area contributed by atoms with E-state index in [9.17, 15) is 14.4 Å². The van der Waals surface area contributed by atoms with E-state index < -0.39 is 29.4 Å². The first-order chi connectivity index (χ1) is 12.4. The van der Waals surface area contributed by atoms with E-state index in [1.165, 1.54) is 4.90 Å². The Morgan fingerprint density at radius 1 is 1.19 bits per heavy atom. The Morgan fingerprint density at radius 3 is 2.38 bits per heavy atom. The number of fused-ring (bicyclic) bond motifs is 1. The van der Waals surface area contributed by atoms with Crippen molar-refractivity contribution in [3.63, 3.8) is 0 Å². The van der Waals surface area contributed by atoms with Gasteiger partial charge in [0.15, 0.2) is 0 Å². The number of nitrogens with one attached hydrogen (secondary N) is 1. The smallest absolute Gasteiger partial charge is 0.326 e. The Kier molecular flexibility index (Phi) is 4.75. The van der Waals surface area contributed by atoms with E-state index >= 15 is 0 Å². The maximum Gasteiger partial charge on any atom is 0.326 e. The molecule has 7 heteroatoms. The quantitative estimate of drug-likeness (QED) is 0.629. The first-order valence-electron chi connectivity index (χ1n) is 8.83. The normalized spacial score (nSPS) is 30.5. The van der Waals surface area contributed by atoms with Crippen LogP contribution < -0.4 is 10.1 Å². The Labute approximate surface area is 152 Å². The summed E-state index contributed by atoms with van der Waals surface area (Å²) in [7, 11) is 1.58. The lowest BCUT2D eigenvalue weighted by Crippen LogP contribution is -2.54. The molecule has 140 valence electrons. The number of ether oxygens (including phenoxy) is 2. The highest BCUT2D eigenvalue weighted by Crippen LogP contribution is 2.49. The molecule has 7 nitrogen and oxygen atoms in total. The van der Waals surface area contributed by atoms with Crippen molar-refractivity contribution in [3.8, 4) is 5.75 Å². The summed E-state index contributed by atoms with van der Waals surface area (Å²) < 4.78 is 10.4. The van der Waals surface area contributed by atoms with Gasteiger partial charge in [-0.25, -0.2) is 0 Å². The average molecular weight is 360 g/mol. The molecule has 0 bridgehead atoms. The molecule has 0 saturated carbocycles. The number of hydrogen-bond donors (Lipinski definition) is 1. The number of nitrogens with zero attached hydrogens (tertiary/aromatic N) is 1. The molecule has 2 heterocycles. The highest BCUT2D eigenvalue weighted by molar-refractivity contribution is 6.09.